The van der Waals surface area contributed by atoms with Crippen molar-refractivity contribution in [2.24, 2.45) is 0 Å². The lowest BCUT2D eigenvalue weighted by Gasteiger charge is -2.09. The van der Waals surface area contributed by atoms with Crippen LogP contribution >= 0.6 is 34.2 Å². The summed E-state index contributed by atoms with van der Waals surface area (Å²) in [7, 11) is 0. The summed E-state index contributed by atoms with van der Waals surface area (Å²) in [6, 6.07) is 7.99. The topological polar surface area (TPSA) is 37.8 Å². The molecule has 0 radical (unpaired) electrons. The molecule has 0 bridgehead atoms. The molecule has 5 heteroatoms. The Balaban J connectivity index is 2.34. The number of nitrogens with zero attached hydrogens (tertiary/aromatic N) is 2. The number of benzene rings is 1. The van der Waals surface area contributed by atoms with Gasteiger partial charge in [-0.25, -0.2) is 9.97 Å². The molecule has 16 heavy (non-hydrogen) atoms. The molecule has 1 aromatic carbocycles. The summed E-state index contributed by atoms with van der Waals surface area (Å²) >= 11 is 8.03. The molecule has 2 rings (SSSR count). The molecule has 0 spiro atoms. The largest absolute Gasteiger partial charge is 0.339 e. The Hall–Kier alpha value is -0.880. The fourth-order valence-electron chi connectivity index (χ4n) is 1.24. The molecule has 1 aromatic heterocycles. The minimum absolute atomic E-state index is 0.249. The van der Waals surface area contributed by atoms with E-state index in [1.807, 2.05) is 31.2 Å². The average molecular weight is 346 g/mol. The van der Waals surface area contributed by atoms with Crippen molar-refractivity contribution < 1.29 is 0 Å². The van der Waals surface area contributed by atoms with Crippen LogP contribution in [0.4, 0.5) is 11.5 Å². The average Bonchev–Trinajstić information content (AvgIpc) is 2.27. The van der Waals surface area contributed by atoms with Gasteiger partial charge in [0.05, 0.1) is 5.69 Å². The fourth-order valence-corrected chi connectivity index (χ4v) is 1.89. The first kappa shape index (κ1) is 11.6. The van der Waals surface area contributed by atoms with E-state index in [1.165, 1.54) is 0 Å². The van der Waals surface area contributed by atoms with Crippen molar-refractivity contribution in [3.8, 4) is 0 Å². The van der Waals surface area contributed by atoms with E-state index >= 15 is 0 Å². The van der Waals surface area contributed by atoms with Crippen LogP contribution in [0.3, 0.4) is 0 Å². The van der Waals surface area contributed by atoms with Crippen molar-refractivity contribution in [1.82, 2.24) is 9.97 Å². The Bertz CT molecular complexity index is 516. The Morgan fingerprint density at radius 3 is 2.81 bits per heavy atom. The number of aromatic nitrogens is 2. The quantitative estimate of drug-likeness (QED) is 0.665. The highest BCUT2D eigenvalue weighted by Gasteiger charge is 2.04. The first-order valence-corrected chi connectivity index (χ1v) is 6.13. The second-order valence-electron chi connectivity index (χ2n) is 3.28. The van der Waals surface area contributed by atoms with Crippen molar-refractivity contribution in [1.29, 1.82) is 0 Å². The third-order valence-electron chi connectivity index (χ3n) is 2.07. The molecule has 0 fully saturated rings. The minimum Gasteiger partial charge on any atom is -0.339 e. The molecule has 0 atom stereocenters. The molecular formula is C11H9ClIN3. The summed E-state index contributed by atoms with van der Waals surface area (Å²) in [4.78, 5) is 8.06. The number of halogens is 2. The highest BCUT2D eigenvalue weighted by atomic mass is 127. The van der Waals surface area contributed by atoms with Crippen molar-refractivity contribution in [2.45, 2.75) is 6.92 Å². The van der Waals surface area contributed by atoms with E-state index in [4.69, 9.17) is 11.6 Å². The standard InChI is InChI=1S/C11H9ClIN3/c1-7-6-14-11(12)16-10(7)15-9-5-3-2-4-8(9)13/h2-6H,1H3,(H,14,15,16). The third kappa shape index (κ3) is 2.62. The number of hydrogen-bond acceptors (Lipinski definition) is 3. The SMILES string of the molecule is Cc1cnc(Cl)nc1Nc1ccccc1I. The van der Waals surface area contributed by atoms with Crippen LogP contribution in [0.2, 0.25) is 5.28 Å². The van der Waals surface area contributed by atoms with E-state index in [-0.39, 0.29) is 5.28 Å². The van der Waals surface area contributed by atoms with Crippen molar-refractivity contribution in [3.05, 3.63) is 44.9 Å². The summed E-state index contributed by atoms with van der Waals surface area (Å²) < 4.78 is 1.13. The Labute approximate surface area is 112 Å². The summed E-state index contributed by atoms with van der Waals surface area (Å²) in [5, 5.41) is 3.49. The smallest absolute Gasteiger partial charge is 0.224 e. The normalized spacial score (nSPS) is 10.2. The Kier molecular flexibility index (Phi) is 3.60. The van der Waals surface area contributed by atoms with Gasteiger partial charge in [-0.1, -0.05) is 12.1 Å². The molecule has 0 amide bonds. The second kappa shape index (κ2) is 4.97. The van der Waals surface area contributed by atoms with Gasteiger partial charge in [0.2, 0.25) is 5.28 Å². The van der Waals surface area contributed by atoms with Crippen LogP contribution in [0.1, 0.15) is 5.56 Å². The Morgan fingerprint density at radius 2 is 2.06 bits per heavy atom. The van der Waals surface area contributed by atoms with Crippen LogP contribution < -0.4 is 5.32 Å². The van der Waals surface area contributed by atoms with Crippen LogP contribution in [0.5, 0.6) is 0 Å². The van der Waals surface area contributed by atoms with Gasteiger partial charge in [0.15, 0.2) is 0 Å². The van der Waals surface area contributed by atoms with Gasteiger partial charge in [-0.15, -0.1) is 0 Å². The molecule has 3 nitrogen and oxygen atoms in total. The van der Waals surface area contributed by atoms with E-state index in [1.54, 1.807) is 6.20 Å². The van der Waals surface area contributed by atoms with Gasteiger partial charge in [0.25, 0.3) is 0 Å². The number of hydrogen-bond donors (Lipinski definition) is 1. The van der Waals surface area contributed by atoms with E-state index in [0.717, 1.165) is 20.6 Å². The third-order valence-corrected chi connectivity index (χ3v) is 3.19. The van der Waals surface area contributed by atoms with Crippen LogP contribution in [-0.4, -0.2) is 9.97 Å². The lowest BCUT2D eigenvalue weighted by atomic mass is 10.3. The van der Waals surface area contributed by atoms with Crippen LogP contribution in [0, 0.1) is 10.5 Å². The van der Waals surface area contributed by atoms with Crippen LogP contribution in [0.15, 0.2) is 30.5 Å². The number of nitrogens with one attached hydrogen (secondary N) is 1. The molecule has 0 aliphatic heterocycles. The van der Waals surface area contributed by atoms with E-state index < -0.39 is 0 Å². The van der Waals surface area contributed by atoms with Gasteiger partial charge in [-0.05, 0) is 53.2 Å². The van der Waals surface area contributed by atoms with E-state index in [0.29, 0.717) is 0 Å². The van der Waals surface area contributed by atoms with Gasteiger partial charge in [0, 0.05) is 15.3 Å². The zero-order valence-electron chi connectivity index (χ0n) is 8.54. The lowest BCUT2D eigenvalue weighted by Crippen LogP contribution is -1.99. The number of rotatable bonds is 2. The summed E-state index contributed by atoms with van der Waals surface area (Å²) in [6.07, 6.45) is 1.70. The summed E-state index contributed by atoms with van der Waals surface area (Å²) in [5.74, 6) is 0.740. The molecule has 0 unspecified atom stereocenters. The van der Waals surface area contributed by atoms with Crippen molar-refractivity contribution >= 4 is 45.7 Å². The maximum absolute atomic E-state index is 5.76. The second-order valence-corrected chi connectivity index (χ2v) is 4.78. The minimum atomic E-state index is 0.249. The van der Waals surface area contributed by atoms with Gasteiger partial charge in [-0.2, -0.15) is 0 Å². The molecular weight excluding hydrogens is 336 g/mol. The molecule has 0 aliphatic rings. The molecule has 1 N–H and O–H groups in total. The van der Waals surface area contributed by atoms with Crippen molar-refractivity contribution in [3.63, 3.8) is 0 Å². The van der Waals surface area contributed by atoms with Gasteiger partial charge in [0.1, 0.15) is 5.82 Å². The predicted molar refractivity (Wildman–Crippen MR) is 74.2 cm³/mol. The molecule has 2 aromatic rings. The first-order valence-electron chi connectivity index (χ1n) is 4.67. The highest BCUT2D eigenvalue weighted by molar-refractivity contribution is 14.1. The number of anilines is 2. The molecule has 82 valence electrons. The van der Waals surface area contributed by atoms with E-state index in [2.05, 4.69) is 37.9 Å². The van der Waals surface area contributed by atoms with Crippen LogP contribution in [-0.2, 0) is 0 Å². The summed E-state index contributed by atoms with van der Waals surface area (Å²) in [5.41, 5.74) is 1.98. The highest BCUT2D eigenvalue weighted by Crippen LogP contribution is 2.23. The van der Waals surface area contributed by atoms with Crippen molar-refractivity contribution in [2.75, 3.05) is 5.32 Å². The summed E-state index contributed by atoms with van der Waals surface area (Å²) in [6.45, 7) is 1.94. The molecule has 0 saturated heterocycles. The fraction of sp³-hybridized carbons (Fsp3) is 0.0909. The first-order chi connectivity index (χ1) is 7.66. The molecule has 1 heterocycles. The van der Waals surface area contributed by atoms with Gasteiger partial charge in [-0.3, -0.25) is 0 Å². The number of aryl methyl sites for hydroxylation is 1. The van der Waals surface area contributed by atoms with Gasteiger partial charge < -0.3 is 5.32 Å². The number of para-hydroxylation sites is 1. The van der Waals surface area contributed by atoms with Crippen LogP contribution in [0.25, 0.3) is 0 Å². The Morgan fingerprint density at radius 1 is 1.31 bits per heavy atom. The molecule has 0 saturated carbocycles. The maximum Gasteiger partial charge on any atom is 0.224 e. The van der Waals surface area contributed by atoms with Gasteiger partial charge >= 0.3 is 0 Å². The van der Waals surface area contributed by atoms with E-state index in [9.17, 15) is 0 Å². The zero-order valence-corrected chi connectivity index (χ0v) is 11.5. The zero-order chi connectivity index (χ0) is 11.5. The maximum atomic E-state index is 5.76. The molecule has 0 aliphatic carbocycles. The monoisotopic (exact) mass is 345 g/mol. The predicted octanol–water partition coefficient (Wildman–Crippen LogP) is 3.79. The lowest BCUT2D eigenvalue weighted by molar-refractivity contribution is 1.13.